The highest BCUT2D eigenvalue weighted by atomic mass is 32.2. The molecule has 92 valence electrons. The van der Waals surface area contributed by atoms with Crippen molar-refractivity contribution in [2.75, 3.05) is 33.4 Å². The fraction of sp³-hybridized carbons (Fsp3) is 0.538. The molecule has 1 atom stereocenters. The van der Waals surface area contributed by atoms with Crippen molar-refractivity contribution in [2.24, 2.45) is 0 Å². The minimum Gasteiger partial charge on any atom is -0.316 e. The first-order valence-corrected chi connectivity index (χ1v) is 6.52. The summed E-state index contributed by atoms with van der Waals surface area (Å²) in [5.41, 5.74) is 0. The highest BCUT2D eigenvalue weighted by Crippen LogP contribution is 2.18. The van der Waals surface area contributed by atoms with Crippen LogP contribution >= 0.6 is 11.8 Å². The molecule has 0 heterocycles. The van der Waals surface area contributed by atoms with Gasteiger partial charge in [-0.3, -0.25) is 0 Å². The Bertz CT molecular complexity index is 234. The molecule has 0 aromatic carbocycles. The van der Waals surface area contributed by atoms with Crippen molar-refractivity contribution >= 4 is 11.8 Å². The SMILES string of the molecule is C=C/C=C(\C=C)SCC(CCN(C)C)NC. The Kier molecular flexibility index (Phi) is 9.39. The molecule has 0 bridgehead atoms. The van der Waals surface area contributed by atoms with Crippen molar-refractivity contribution in [3.05, 3.63) is 36.3 Å². The van der Waals surface area contributed by atoms with E-state index in [0.29, 0.717) is 6.04 Å². The van der Waals surface area contributed by atoms with Crippen LogP contribution in [0.4, 0.5) is 0 Å². The van der Waals surface area contributed by atoms with Gasteiger partial charge >= 0.3 is 0 Å². The summed E-state index contributed by atoms with van der Waals surface area (Å²) >= 11 is 1.82. The third-order valence-corrected chi connectivity index (χ3v) is 3.47. The van der Waals surface area contributed by atoms with Crippen LogP contribution in [-0.2, 0) is 0 Å². The Balaban J connectivity index is 3.98. The van der Waals surface area contributed by atoms with Crippen LogP contribution in [0.5, 0.6) is 0 Å². The number of rotatable bonds is 9. The summed E-state index contributed by atoms with van der Waals surface area (Å²) in [7, 11) is 6.23. The van der Waals surface area contributed by atoms with Crippen LogP contribution in [0.3, 0.4) is 0 Å². The predicted octanol–water partition coefficient (Wildman–Crippen LogP) is 2.52. The quantitative estimate of drug-likeness (QED) is 0.624. The van der Waals surface area contributed by atoms with Crippen molar-refractivity contribution in [2.45, 2.75) is 12.5 Å². The van der Waals surface area contributed by atoms with Crippen molar-refractivity contribution in [1.29, 1.82) is 0 Å². The topological polar surface area (TPSA) is 15.3 Å². The molecule has 0 saturated carbocycles. The first-order chi connectivity index (χ1) is 7.63. The second-order valence-corrected chi connectivity index (χ2v) is 4.99. The molecule has 0 aliphatic carbocycles. The standard InChI is InChI=1S/C13H24N2S/c1-6-8-13(7-2)16-11-12(14-3)9-10-15(4)5/h6-8,12,14H,1-2,9-11H2,3-5H3/b13-8+. The Hall–Kier alpha value is -0.510. The average molecular weight is 240 g/mol. The lowest BCUT2D eigenvalue weighted by Gasteiger charge is -2.18. The zero-order valence-electron chi connectivity index (χ0n) is 10.7. The Morgan fingerprint density at radius 2 is 2.12 bits per heavy atom. The first kappa shape index (κ1) is 15.5. The normalized spacial score (nSPS) is 13.9. The predicted molar refractivity (Wildman–Crippen MR) is 77.0 cm³/mol. The van der Waals surface area contributed by atoms with Crippen LogP contribution in [0.25, 0.3) is 0 Å². The van der Waals surface area contributed by atoms with E-state index < -0.39 is 0 Å². The van der Waals surface area contributed by atoms with Crippen molar-refractivity contribution in [3.63, 3.8) is 0 Å². The zero-order chi connectivity index (χ0) is 12.4. The van der Waals surface area contributed by atoms with Crippen LogP contribution in [0.1, 0.15) is 6.42 Å². The van der Waals surface area contributed by atoms with Gasteiger partial charge in [0.05, 0.1) is 0 Å². The zero-order valence-corrected chi connectivity index (χ0v) is 11.5. The van der Waals surface area contributed by atoms with E-state index >= 15 is 0 Å². The molecule has 2 nitrogen and oxygen atoms in total. The molecule has 16 heavy (non-hydrogen) atoms. The van der Waals surface area contributed by atoms with E-state index in [-0.39, 0.29) is 0 Å². The van der Waals surface area contributed by atoms with Gasteiger partial charge in [-0.15, -0.1) is 11.8 Å². The van der Waals surface area contributed by atoms with Crippen LogP contribution in [-0.4, -0.2) is 44.4 Å². The van der Waals surface area contributed by atoms with Gasteiger partial charge in [0.15, 0.2) is 0 Å². The first-order valence-electron chi connectivity index (χ1n) is 5.54. The monoisotopic (exact) mass is 240 g/mol. The Labute approximate surface area is 104 Å². The summed E-state index contributed by atoms with van der Waals surface area (Å²) in [4.78, 5) is 3.39. The van der Waals surface area contributed by atoms with Gasteiger partial charge in [0, 0.05) is 16.7 Å². The summed E-state index contributed by atoms with van der Waals surface area (Å²) in [5, 5.41) is 3.34. The van der Waals surface area contributed by atoms with Gasteiger partial charge in [-0.05, 0) is 40.2 Å². The number of nitrogens with one attached hydrogen (secondary N) is 1. The van der Waals surface area contributed by atoms with E-state index in [4.69, 9.17) is 0 Å². The van der Waals surface area contributed by atoms with Gasteiger partial charge in [0.2, 0.25) is 0 Å². The minimum absolute atomic E-state index is 0.542. The van der Waals surface area contributed by atoms with Crippen molar-refractivity contribution in [1.82, 2.24) is 10.2 Å². The second-order valence-electron chi connectivity index (χ2n) is 3.90. The molecule has 0 radical (unpaired) electrons. The molecule has 1 unspecified atom stereocenters. The molecule has 0 spiro atoms. The van der Waals surface area contributed by atoms with Gasteiger partial charge < -0.3 is 10.2 Å². The maximum Gasteiger partial charge on any atom is 0.0170 e. The lowest BCUT2D eigenvalue weighted by molar-refractivity contribution is 0.375. The van der Waals surface area contributed by atoms with Gasteiger partial charge in [-0.1, -0.05) is 25.3 Å². The molecule has 0 fully saturated rings. The number of allylic oxidation sites excluding steroid dienone is 3. The second kappa shape index (κ2) is 9.70. The molecule has 0 aromatic heterocycles. The molecule has 0 aliphatic heterocycles. The number of hydrogen-bond donors (Lipinski definition) is 1. The van der Waals surface area contributed by atoms with Gasteiger partial charge in [0.1, 0.15) is 0 Å². The van der Waals surface area contributed by atoms with Crippen molar-refractivity contribution < 1.29 is 0 Å². The minimum atomic E-state index is 0.542. The third-order valence-electron chi connectivity index (χ3n) is 2.27. The van der Waals surface area contributed by atoms with E-state index in [1.54, 1.807) is 6.08 Å². The smallest absolute Gasteiger partial charge is 0.0170 e. The summed E-state index contributed by atoms with van der Waals surface area (Å²) in [5.74, 6) is 1.07. The summed E-state index contributed by atoms with van der Waals surface area (Å²) in [6, 6.07) is 0.542. The molecule has 0 aliphatic rings. The van der Waals surface area contributed by atoms with Gasteiger partial charge in [0.25, 0.3) is 0 Å². The van der Waals surface area contributed by atoms with E-state index in [1.807, 2.05) is 31.0 Å². The number of thioether (sulfide) groups is 1. The largest absolute Gasteiger partial charge is 0.316 e. The van der Waals surface area contributed by atoms with Crippen LogP contribution < -0.4 is 5.32 Å². The van der Waals surface area contributed by atoms with E-state index in [2.05, 4.69) is 37.5 Å². The highest BCUT2D eigenvalue weighted by molar-refractivity contribution is 8.03. The summed E-state index contributed by atoms with van der Waals surface area (Å²) in [6.45, 7) is 8.60. The maximum absolute atomic E-state index is 3.79. The summed E-state index contributed by atoms with van der Waals surface area (Å²) in [6.07, 6.45) is 6.84. The number of hydrogen-bond acceptors (Lipinski definition) is 3. The lowest BCUT2D eigenvalue weighted by Crippen LogP contribution is -2.31. The Morgan fingerprint density at radius 1 is 1.44 bits per heavy atom. The molecule has 0 aromatic rings. The van der Waals surface area contributed by atoms with Gasteiger partial charge in [-0.2, -0.15) is 0 Å². The molecule has 0 amide bonds. The fourth-order valence-corrected chi connectivity index (χ4v) is 2.25. The van der Waals surface area contributed by atoms with Crippen LogP contribution in [0.15, 0.2) is 36.3 Å². The summed E-state index contributed by atoms with van der Waals surface area (Å²) < 4.78 is 0. The molecule has 1 N–H and O–H groups in total. The highest BCUT2D eigenvalue weighted by Gasteiger charge is 2.07. The van der Waals surface area contributed by atoms with Crippen LogP contribution in [0.2, 0.25) is 0 Å². The average Bonchev–Trinajstić information content (AvgIpc) is 2.27. The fourth-order valence-electron chi connectivity index (χ4n) is 1.21. The maximum atomic E-state index is 3.79. The third kappa shape index (κ3) is 7.74. The lowest BCUT2D eigenvalue weighted by atomic mass is 10.2. The van der Waals surface area contributed by atoms with E-state index in [0.717, 1.165) is 18.7 Å². The molecular weight excluding hydrogens is 216 g/mol. The Morgan fingerprint density at radius 3 is 2.56 bits per heavy atom. The van der Waals surface area contributed by atoms with Crippen LogP contribution in [0, 0.1) is 0 Å². The van der Waals surface area contributed by atoms with E-state index in [9.17, 15) is 0 Å². The molecule has 3 heteroatoms. The molecule has 0 rings (SSSR count). The van der Waals surface area contributed by atoms with E-state index in [1.165, 1.54) is 4.91 Å². The molecule has 0 saturated heterocycles. The molecular formula is C13H24N2S. The van der Waals surface area contributed by atoms with Gasteiger partial charge in [-0.25, -0.2) is 0 Å². The van der Waals surface area contributed by atoms with Crippen molar-refractivity contribution in [3.8, 4) is 0 Å². The number of nitrogens with zero attached hydrogens (tertiary/aromatic N) is 1.